The van der Waals surface area contributed by atoms with Gasteiger partial charge in [-0.1, -0.05) is 24.3 Å². The van der Waals surface area contributed by atoms with Crippen molar-refractivity contribution in [1.29, 1.82) is 0 Å². The maximum atomic E-state index is 12.8. The van der Waals surface area contributed by atoms with E-state index in [0.717, 1.165) is 16.7 Å². The van der Waals surface area contributed by atoms with E-state index in [1.807, 2.05) is 47.4 Å². The van der Waals surface area contributed by atoms with E-state index >= 15 is 0 Å². The smallest absolute Gasteiger partial charge is 0.255 e. The molecule has 1 heterocycles. The van der Waals surface area contributed by atoms with E-state index in [1.54, 1.807) is 14.2 Å². The summed E-state index contributed by atoms with van der Waals surface area (Å²) in [5.41, 5.74) is 2.68. The second-order valence-electron chi connectivity index (χ2n) is 5.73. The highest BCUT2D eigenvalue weighted by Crippen LogP contribution is 2.37. The highest BCUT2D eigenvalue weighted by atomic mass is 16.5. The van der Waals surface area contributed by atoms with Gasteiger partial charge in [-0.15, -0.1) is 0 Å². The minimum Gasteiger partial charge on any atom is -0.493 e. The Morgan fingerprint density at radius 3 is 2.54 bits per heavy atom. The molecule has 0 saturated heterocycles. The van der Waals surface area contributed by atoms with Crippen LogP contribution >= 0.6 is 0 Å². The molecule has 5 heteroatoms. The molecule has 0 aliphatic carbocycles. The molecule has 0 radical (unpaired) electrons. The summed E-state index contributed by atoms with van der Waals surface area (Å²) in [5.74, 6) is 1.25. The maximum absolute atomic E-state index is 12.8. The van der Waals surface area contributed by atoms with E-state index in [-0.39, 0.29) is 18.6 Å². The van der Waals surface area contributed by atoms with Gasteiger partial charge in [0.05, 0.1) is 20.3 Å². The van der Waals surface area contributed by atoms with Crippen molar-refractivity contribution in [2.75, 3.05) is 20.8 Å². The van der Waals surface area contributed by atoms with Gasteiger partial charge in [0, 0.05) is 18.7 Å². The third kappa shape index (κ3) is 2.83. The van der Waals surface area contributed by atoms with Crippen LogP contribution in [0, 0.1) is 0 Å². The van der Waals surface area contributed by atoms with Crippen LogP contribution in [0.3, 0.4) is 0 Å². The Balaban J connectivity index is 1.95. The molecule has 1 aliphatic rings. The molecule has 1 unspecified atom stereocenters. The zero-order valence-corrected chi connectivity index (χ0v) is 13.9. The van der Waals surface area contributed by atoms with Gasteiger partial charge in [0.1, 0.15) is 0 Å². The van der Waals surface area contributed by atoms with E-state index in [4.69, 9.17) is 9.47 Å². The van der Waals surface area contributed by atoms with Crippen LogP contribution in [0.25, 0.3) is 0 Å². The molecule has 3 rings (SSSR count). The fraction of sp³-hybridized carbons (Fsp3) is 0.316. The predicted octanol–water partition coefficient (Wildman–Crippen LogP) is 2.78. The van der Waals surface area contributed by atoms with Crippen molar-refractivity contribution in [3.8, 4) is 11.5 Å². The van der Waals surface area contributed by atoms with Gasteiger partial charge in [0.2, 0.25) is 0 Å². The summed E-state index contributed by atoms with van der Waals surface area (Å²) >= 11 is 0. The molecule has 0 aromatic heterocycles. The number of methoxy groups -OCH3 is 2. The van der Waals surface area contributed by atoms with E-state index in [0.29, 0.717) is 24.5 Å². The number of hydrogen-bond donors (Lipinski definition) is 1. The molecule has 0 saturated carbocycles. The minimum absolute atomic E-state index is 0.000857. The van der Waals surface area contributed by atoms with Crippen LogP contribution < -0.4 is 9.47 Å². The summed E-state index contributed by atoms with van der Waals surface area (Å²) < 4.78 is 10.6. The number of carbonyl (C=O) groups is 1. The molecule has 1 atom stereocenters. The molecule has 0 fully saturated rings. The molecule has 1 aliphatic heterocycles. The average Bonchev–Trinajstić information content (AvgIpc) is 2.96. The third-order valence-corrected chi connectivity index (χ3v) is 4.42. The Morgan fingerprint density at radius 1 is 1.12 bits per heavy atom. The highest BCUT2D eigenvalue weighted by molar-refractivity contribution is 5.98. The lowest BCUT2D eigenvalue weighted by Crippen LogP contribution is -2.30. The normalized spacial score (nSPS) is 14.5. The Hall–Kier alpha value is -2.53. The summed E-state index contributed by atoms with van der Waals surface area (Å²) in [6.45, 7) is 0.549. The average molecular weight is 327 g/mol. The number of aliphatic hydroxyl groups is 1. The first-order valence-corrected chi connectivity index (χ1v) is 7.91. The van der Waals surface area contributed by atoms with Gasteiger partial charge < -0.3 is 19.5 Å². The monoisotopic (exact) mass is 327 g/mol. The first-order valence-electron chi connectivity index (χ1n) is 7.91. The molecule has 24 heavy (non-hydrogen) atoms. The van der Waals surface area contributed by atoms with Crippen molar-refractivity contribution in [2.45, 2.75) is 19.0 Å². The Bertz CT molecular complexity index is 744. The summed E-state index contributed by atoms with van der Waals surface area (Å²) in [6.07, 6.45) is 0.467. The Labute approximate surface area is 141 Å². The summed E-state index contributed by atoms with van der Waals surface area (Å²) in [5, 5.41) is 9.49. The van der Waals surface area contributed by atoms with Crippen LogP contribution in [-0.4, -0.2) is 36.7 Å². The molecule has 0 bridgehead atoms. The van der Waals surface area contributed by atoms with Crippen LogP contribution in [0.2, 0.25) is 0 Å². The molecule has 0 spiro atoms. The van der Waals surface area contributed by atoms with Gasteiger partial charge in [0.25, 0.3) is 5.91 Å². The van der Waals surface area contributed by atoms with Gasteiger partial charge in [-0.3, -0.25) is 4.79 Å². The van der Waals surface area contributed by atoms with E-state index in [2.05, 4.69) is 0 Å². The van der Waals surface area contributed by atoms with Crippen molar-refractivity contribution in [1.82, 2.24) is 4.90 Å². The van der Waals surface area contributed by atoms with E-state index in [9.17, 15) is 9.90 Å². The molecular formula is C19H21NO4. The Morgan fingerprint density at radius 2 is 1.88 bits per heavy atom. The number of ether oxygens (including phenoxy) is 2. The zero-order chi connectivity index (χ0) is 17.1. The van der Waals surface area contributed by atoms with Crippen LogP contribution in [0.1, 0.15) is 33.9 Å². The largest absolute Gasteiger partial charge is 0.493 e. The summed E-state index contributed by atoms with van der Waals surface area (Å²) in [7, 11) is 3.17. The van der Waals surface area contributed by atoms with Crippen molar-refractivity contribution in [2.24, 2.45) is 0 Å². The number of nitrogens with zero attached hydrogens (tertiary/aromatic N) is 1. The quantitative estimate of drug-likeness (QED) is 0.886. The summed E-state index contributed by atoms with van der Waals surface area (Å²) in [4.78, 5) is 14.6. The van der Waals surface area contributed by atoms with Gasteiger partial charge >= 0.3 is 0 Å². The van der Waals surface area contributed by atoms with Crippen molar-refractivity contribution in [3.05, 3.63) is 59.2 Å². The lowest BCUT2D eigenvalue weighted by Gasteiger charge is -2.28. The molecule has 126 valence electrons. The van der Waals surface area contributed by atoms with E-state index in [1.165, 1.54) is 0 Å². The van der Waals surface area contributed by atoms with Gasteiger partial charge in [0.15, 0.2) is 11.5 Å². The van der Waals surface area contributed by atoms with Crippen LogP contribution in [0.5, 0.6) is 11.5 Å². The van der Waals surface area contributed by atoms with Crippen molar-refractivity contribution < 1.29 is 19.4 Å². The highest BCUT2D eigenvalue weighted by Gasteiger charge is 2.33. The number of hydrogen-bond acceptors (Lipinski definition) is 4. The number of amides is 1. The molecule has 5 nitrogen and oxygen atoms in total. The molecule has 1 amide bonds. The lowest BCUT2D eigenvalue weighted by atomic mass is 10.0. The lowest BCUT2D eigenvalue weighted by molar-refractivity contribution is 0.0670. The maximum Gasteiger partial charge on any atom is 0.255 e. The standard InChI is InChI=1S/C19H21NO4/c1-23-17-8-7-13(11-18(17)24-2)16(9-10-21)20-12-14-5-3-4-6-15(14)19(20)22/h3-8,11,16,21H,9-10,12H2,1-2H3. The topological polar surface area (TPSA) is 59.0 Å². The number of carbonyl (C=O) groups excluding carboxylic acids is 1. The van der Waals surface area contributed by atoms with Crippen LogP contribution in [-0.2, 0) is 6.54 Å². The fourth-order valence-corrected chi connectivity index (χ4v) is 3.21. The second-order valence-corrected chi connectivity index (χ2v) is 5.73. The number of benzene rings is 2. The SMILES string of the molecule is COc1ccc(C(CCO)N2Cc3ccccc3C2=O)cc1OC. The Kier molecular flexibility index (Phi) is 4.71. The number of rotatable bonds is 6. The van der Waals surface area contributed by atoms with Gasteiger partial charge in [-0.25, -0.2) is 0 Å². The van der Waals surface area contributed by atoms with Gasteiger partial charge in [-0.05, 0) is 35.7 Å². The van der Waals surface area contributed by atoms with Crippen molar-refractivity contribution >= 4 is 5.91 Å². The zero-order valence-electron chi connectivity index (χ0n) is 13.9. The second kappa shape index (κ2) is 6.93. The first kappa shape index (κ1) is 16.3. The summed E-state index contributed by atoms with van der Waals surface area (Å²) in [6, 6.07) is 13.0. The number of aliphatic hydroxyl groups excluding tert-OH is 1. The molecule has 2 aromatic rings. The fourth-order valence-electron chi connectivity index (χ4n) is 3.21. The third-order valence-electron chi connectivity index (χ3n) is 4.42. The molecule has 2 aromatic carbocycles. The van der Waals surface area contributed by atoms with E-state index < -0.39 is 0 Å². The van der Waals surface area contributed by atoms with Crippen molar-refractivity contribution in [3.63, 3.8) is 0 Å². The molecule has 1 N–H and O–H groups in total. The van der Waals surface area contributed by atoms with Gasteiger partial charge in [-0.2, -0.15) is 0 Å². The number of fused-ring (bicyclic) bond motifs is 1. The minimum atomic E-state index is -0.213. The predicted molar refractivity (Wildman–Crippen MR) is 90.3 cm³/mol. The van der Waals surface area contributed by atoms with Crippen LogP contribution in [0.15, 0.2) is 42.5 Å². The van der Waals surface area contributed by atoms with Crippen LogP contribution in [0.4, 0.5) is 0 Å². The first-order chi connectivity index (χ1) is 11.7. The molecular weight excluding hydrogens is 306 g/mol.